The number of carbonyl (C=O) groups is 1. The van der Waals surface area contributed by atoms with Crippen LogP contribution in [0.5, 0.6) is 0 Å². The molecular formula is C7H8IN3O. The topological polar surface area (TPSA) is 46.9 Å². The van der Waals surface area contributed by atoms with E-state index >= 15 is 0 Å². The highest BCUT2D eigenvalue weighted by Crippen LogP contribution is 2.18. The highest BCUT2D eigenvalue weighted by molar-refractivity contribution is 14.1. The van der Waals surface area contributed by atoms with E-state index in [1.54, 1.807) is 10.9 Å². The molecule has 0 spiro atoms. The van der Waals surface area contributed by atoms with Gasteiger partial charge in [-0.3, -0.25) is 9.48 Å². The molecule has 12 heavy (non-hydrogen) atoms. The third-order valence-electron chi connectivity index (χ3n) is 1.94. The Balaban J connectivity index is 2.57. The van der Waals surface area contributed by atoms with Gasteiger partial charge in [-0.05, 0) is 29.5 Å². The monoisotopic (exact) mass is 277 g/mol. The Morgan fingerprint density at radius 2 is 2.58 bits per heavy atom. The van der Waals surface area contributed by atoms with Crippen molar-refractivity contribution in [2.24, 2.45) is 0 Å². The first-order valence-corrected chi connectivity index (χ1v) is 4.79. The maximum Gasteiger partial charge on any atom is 0.270 e. The summed E-state index contributed by atoms with van der Waals surface area (Å²) in [6, 6.07) is 0.265. The Labute approximate surface area is 83.5 Å². The molecular weight excluding hydrogens is 269 g/mol. The lowest BCUT2D eigenvalue weighted by molar-refractivity contribution is 0.0911. The van der Waals surface area contributed by atoms with E-state index in [0.29, 0.717) is 12.2 Å². The number of nitrogens with one attached hydrogen (secondary N) is 1. The van der Waals surface area contributed by atoms with Gasteiger partial charge >= 0.3 is 0 Å². The molecule has 0 radical (unpaired) electrons. The van der Waals surface area contributed by atoms with Crippen LogP contribution < -0.4 is 5.32 Å². The first-order valence-electron chi connectivity index (χ1n) is 3.71. The lowest BCUT2D eigenvalue weighted by Gasteiger charge is -2.21. The summed E-state index contributed by atoms with van der Waals surface area (Å²) in [5.41, 5.74) is 0.689. The van der Waals surface area contributed by atoms with Crippen LogP contribution in [0, 0.1) is 3.57 Å². The second-order valence-electron chi connectivity index (χ2n) is 2.84. The summed E-state index contributed by atoms with van der Waals surface area (Å²) in [6.45, 7) is 2.70. The number of hydrogen-bond acceptors (Lipinski definition) is 2. The number of halogens is 1. The average Bonchev–Trinajstić information content (AvgIpc) is 2.42. The van der Waals surface area contributed by atoms with Crippen molar-refractivity contribution in [3.63, 3.8) is 0 Å². The fourth-order valence-corrected chi connectivity index (χ4v) is 1.92. The number of aromatic nitrogens is 2. The molecule has 0 aromatic carbocycles. The minimum atomic E-state index is -0.0185. The van der Waals surface area contributed by atoms with Crippen molar-refractivity contribution in [1.29, 1.82) is 0 Å². The van der Waals surface area contributed by atoms with Gasteiger partial charge in [0.25, 0.3) is 5.91 Å². The molecule has 0 aliphatic carbocycles. The van der Waals surface area contributed by atoms with Gasteiger partial charge in [-0.1, -0.05) is 0 Å². The number of amides is 1. The summed E-state index contributed by atoms with van der Waals surface area (Å²) >= 11 is 2.12. The minimum Gasteiger partial charge on any atom is -0.349 e. The van der Waals surface area contributed by atoms with Crippen LogP contribution in [0.2, 0.25) is 0 Å². The molecule has 2 rings (SSSR count). The van der Waals surface area contributed by atoms with Crippen molar-refractivity contribution < 1.29 is 4.79 Å². The van der Waals surface area contributed by atoms with Gasteiger partial charge in [0.2, 0.25) is 0 Å². The van der Waals surface area contributed by atoms with Crippen LogP contribution >= 0.6 is 22.6 Å². The molecule has 0 unspecified atom stereocenters. The quantitative estimate of drug-likeness (QED) is 0.713. The van der Waals surface area contributed by atoms with E-state index in [-0.39, 0.29) is 11.9 Å². The van der Waals surface area contributed by atoms with Gasteiger partial charge in [0.1, 0.15) is 5.69 Å². The van der Waals surface area contributed by atoms with Gasteiger partial charge in [0.15, 0.2) is 0 Å². The maximum absolute atomic E-state index is 11.3. The smallest absolute Gasteiger partial charge is 0.270 e. The van der Waals surface area contributed by atoms with Gasteiger partial charge in [0.05, 0.1) is 15.8 Å². The standard InChI is InChI=1S/C7H8IN3O/c1-4-2-9-7(12)6-5(8)3-10-11(4)6/h3-4H,2H2,1H3,(H,9,12)/t4-/m0/s1. The Kier molecular flexibility index (Phi) is 1.82. The third-order valence-corrected chi connectivity index (χ3v) is 2.73. The molecule has 1 amide bonds. The van der Waals surface area contributed by atoms with Crippen molar-refractivity contribution in [2.75, 3.05) is 6.54 Å². The number of nitrogens with zero attached hydrogens (tertiary/aromatic N) is 2. The first kappa shape index (κ1) is 8.03. The molecule has 0 fully saturated rings. The predicted molar refractivity (Wildman–Crippen MR) is 52.0 cm³/mol. The number of fused-ring (bicyclic) bond motifs is 1. The maximum atomic E-state index is 11.3. The third kappa shape index (κ3) is 1.03. The highest BCUT2D eigenvalue weighted by Gasteiger charge is 2.24. The summed E-state index contributed by atoms with van der Waals surface area (Å²) in [4.78, 5) is 11.3. The molecule has 2 heterocycles. The van der Waals surface area contributed by atoms with Crippen molar-refractivity contribution >= 4 is 28.5 Å². The number of carbonyl (C=O) groups excluding carboxylic acids is 1. The Hall–Kier alpha value is -0.590. The van der Waals surface area contributed by atoms with Crippen LogP contribution in [-0.2, 0) is 0 Å². The first-order chi connectivity index (χ1) is 5.70. The molecule has 0 saturated heterocycles. The van der Waals surface area contributed by atoms with Crippen molar-refractivity contribution in [3.8, 4) is 0 Å². The predicted octanol–water partition coefficient (Wildman–Crippen LogP) is 0.792. The molecule has 1 N–H and O–H groups in total. The molecule has 1 aromatic heterocycles. The summed E-state index contributed by atoms with van der Waals surface area (Å²) in [5, 5.41) is 6.95. The second-order valence-corrected chi connectivity index (χ2v) is 4.01. The molecule has 5 heteroatoms. The SMILES string of the molecule is C[C@H]1CNC(=O)c2c(I)cnn21. The van der Waals surface area contributed by atoms with Crippen LogP contribution in [0.25, 0.3) is 0 Å². The van der Waals surface area contributed by atoms with Crippen LogP contribution in [-0.4, -0.2) is 22.2 Å². The lowest BCUT2D eigenvalue weighted by Crippen LogP contribution is -2.38. The Morgan fingerprint density at radius 1 is 1.83 bits per heavy atom. The molecule has 4 nitrogen and oxygen atoms in total. The van der Waals surface area contributed by atoms with E-state index in [1.807, 2.05) is 6.92 Å². The summed E-state index contributed by atoms with van der Waals surface area (Å²) < 4.78 is 2.69. The number of rotatable bonds is 0. The zero-order chi connectivity index (χ0) is 8.72. The van der Waals surface area contributed by atoms with Gasteiger partial charge in [-0.15, -0.1) is 0 Å². The van der Waals surface area contributed by atoms with Crippen molar-refractivity contribution in [1.82, 2.24) is 15.1 Å². The normalized spacial score (nSPS) is 21.8. The van der Waals surface area contributed by atoms with Crippen molar-refractivity contribution in [2.45, 2.75) is 13.0 Å². The van der Waals surface area contributed by atoms with Gasteiger partial charge < -0.3 is 5.32 Å². The summed E-state index contributed by atoms with van der Waals surface area (Å²) in [5.74, 6) is -0.0185. The van der Waals surface area contributed by atoms with E-state index in [9.17, 15) is 4.79 Å². The molecule has 1 aromatic rings. The van der Waals surface area contributed by atoms with Crippen LogP contribution in [0.4, 0.5) is 0 Å². The fraction of sp³-hybridized carbons (Fsp3) is 0.429. The molecule has 1 aliphatic heterocycles. The van der Waals surface area contributed by atoms with E-state index in [0.717, 1.165) is 3.57 Å². The zero-order valence-electron chi connectivity index (χ0n) is 6.54. The molecule has 0 bridgehead atoms. The second kappa shape index (κ2) is 2.72. The molecule has 1 aliphatic rings. The average molecular weight is 277 g/mol. The highest BCUT2D eigenvalue weighted by atomic mass is 127. The van der Waals surface area contributed by atoms with Gasteiger partial charge in [-0.2, -0.15) is 5.10 Å². The van der Waals surface area contributed by atoms with Gasteiger partial charge in [-0.25, -0.2) is 0 Å². The Bertz CT molecular complexity index is 333. The zero-order valence-corrected chi connectivity index (χ0v) is 8.70. The van der Waals surface area contributed by atoms with E-state index in [4.69, 9.17) is 0 Å². The van der Waals surface area contributed by atoms with E-state index in [2.05, 4.69) is 33.0 Å². The lowest BCUT2D eigenvalue weighted by atomic mass is 10.2. The molecule has 1 atom stereocenters. The minimum absolute atomic E-state index is 0.0185. The Morgan fingerprint density at radius 3 is 3.25 bits per heavy atom. The van der Waals surface area contributed by atoms with E-state index < -0.39 is 0 Å². The van der Waals surface area contributed by atoms with Crippen molar-refractivity contribution in [3.05, 3.63) is 15.5 Å². The molecule has 64 valence electrons. The fourth-order valence-electron chi connectivity index (χ4n) is 1.30. The van der Waals surface area contributed by atoms with Crippen LogP contribution in [0.15, 0.2) is 6.20 Å². The summed E-state index contributed by atoms with van der Waals surface area (Å²) in [6.07, 6.45) is 1.72. The van der Waals surface area contributed by atoms with Gasteiger partial charge in [0, 0.05) is 6.54 Å². The van der Waals surface area contributed by atoms with E-state index in [1.165, 1.54) is 0 Å². The van der Waals surface area contributed by atoms with Crippen LogP contribution in [0.1, 0.15) is 23.5 Å². The number of hydrogen-bond donors (Lipinski definition) is 1. The summed E-state index contributed by atoms with van der Waals surface area (Å²) in [7, 11) is 0. The molecule has 0 saturated carbocycles. The largest absolute Gasteiger partial charge is 0.349 e. The van der Waals surface area contributed by atoms with Crippen LogP contribution in [0.3, 0.4) is 0 Å².